The molecule has 0 unspecified atom stereocenters. The van der Waals surface area contributed by atoms with Gasteiger partial charge in [-0.2, -0.15) is 0 Å². The molecular weight excluding hydrogens is 446 g/mol. The van der Waals surface area contributed by atoms with E-state index >= 15 is 0 Å². The number of hydrogen-bond donors (Lipinski definition) is 2. The minimum absolute atomic E-state index is 0.0852. The van der Waals surface area contributed by atoms with Crippen LogP contribution in [0, 0.1) is 10.1 Å². The van der Waals surface area contributed by atoms with Crippen LogP contribution < -0.4 is 20.1 Å². The Morgan fingerprint density at radius 1 is 1.13 bits per heavy atom. The number of nitrogens with zero attached hydrogens (tertiary/aromatic N) is 3. The number of benzene rings is 2. The third kappa shape index (κ3) is 5.07. The van der Waals surface area contributed by atoms with Crippen LogP contribution in [-0.4, -0.2) is 39.5 Å². The monoisotopic (exact) mass is 459 g/mol. The fourth-order valence-corrected chi connectivity index (χ4v) is 4.09. The van der Waals surface area contributed by atoms with Crippen LogP contribution in [0.2, 0.25) is 0 Å². The Kier molecular flexibility index (Phi) is 5.95. The third-order valence-electron chi connectivity index (χ3n) is 3.93. The van der Waals surface area contributed by atoms with Gasteiger partial charge in [0.15, 0.2) is 15.8 Å². The fourth-order valence-electron chi connectivity index (χ4n) is 2.55. The Morgan fingerprint density at radius 2 is 1.97 bits per heavy atom. The zero-order chi connectivity index (χ0) is 21.8. The van der Waals surface area contributed by atoms with Crippen molar-refractivity contribution in [2.45, 2.75) is 4.34 Å². The summed E-state index contributed by atoms with van der Waals surface area (Å²) in [5, 5.41) is 24.1. The Bertz CT molecular complexity index is 1170. The number of rotatable bonds is 7. The lowest BCUT2D eigenvalue weighted by atomic mass is 10.2. The molecule has 0 bridgehead atoms. The van der Waals surface area contributed by atoms with E-state index in [9.17, 15) is 19.7 Å². The molecule has 0 atom stereocenters. The van der Waals surface area contributed by atoms with Gasteiger partial charge in [-0.3, -0.25) is 25.0 Å². The van der Waals surface area contributed by atoms with Gasteiger partial charge in [0.2, 0.25) is 17.8 Å². The number of carbonyl (C=O) groups is 2. The summed E-state index contributed by atoms with van der Waals surface area (Å²) in [5.74, 6) is 0.486. The quantitative estimate of drug-likeness (QED) is 0.235. The van der Waals surface area contributed by atoms with E-state index in [4.69, 9.17) is 9.47 Å². The first-order valence-corrected chi connectivity index (χ1v) is 10.5. The Morgan fingerprint density at radius 3 is 2.81 bits per heavy atom. The van der Waals surface area contributed by atoms with E-state index in [1.165, 1.54) is 24.3 Å². The van der Waals surface area contributed by atoms with Gasteiger partial charge in [-0.05, 0) is 18.2 Å². The topological polar surface area (TPSA) is 146 Å². The van der Waals surface area contributed by atoms with Crippen LogP contribution >= 0.6 is 23.1 Å². The normalized spacial score (nSPS) is 11.7. The van der Waals surface area contributed by atoms with E-state index < -0.39 is 10.8 Å². The molecule has 2 amide bonds. The molecule has 2 heterocycles. The number of fused-ring (bicyclic) bond motifs is 1. The maximum Gasteiger partial charge on any atom is 0.270 e. The molecule has 0 saturated carbocycles. The van der Waals surface area contributed by atoms with Crippen molar-refractivity contribution in [1.29, 1.82) is 0 Å². The van der Waals surface area contributed by atoms with Crippen LogP contribution in [0.3, 0.4) is 0 Å². The van der Waals surface area contributed by atoms with Crippen molar-refractivity contribution in [3.8, 4) is 11.5 Å². The summed E-state index contributed by atoms with van der Waals surface area (Å²) in [6.45, 7) is 0.152. The van der Waals surface area contributed by atoms with E-state index in [-0.39, 0.29) is 34.8 Å². The van der Waals surface area contributed by atoms with Gasteiger partial charge >= 0.3 is 0 Å². The highest BCUT2D eigenvalue weighted by molar-refractivity contribution is 8.01. The highest BCUT2D eigenvalue weighted by Gasteiger charge is 2.16. The fraction of sp³-hybridized carbons (Fsp3) is 0.111. The summed E-state index contributed by atoms with van der Waals surface area (Å²) in [6.07, 6.45) is 0. The van der Waals surface area contributed by atoms with E-state index in [2.05, 4.69) is 20.8 Å². The van der Waals surface area contributed by atoms with Gasteiger partial charge in [-0.15, -0.1) is 10.2 Å². The van der Waals surface area contributed by atoms with Crippen LogP contribution in [0.15, 0.2) is 46.8 Å². The lowest BCUT2D eigenvalue weighted by molar-refractivity contribution is -0.384. The number of non-ortho nitro benzene ring substituents is 1. The number of aromatic nitrogens is 2. The minimum Gasteiger partial charge on any atom is -0.454 e. The molecule has 1 aliphatic rings. The second-order valence-corrected chi connectivity index (χ2v) is 8.24. The second-order valence-electron chi connectivity index (χ2n) is 6.04. The van der Waals surface area contributed by atoms with Crippen LogP contribution in [0.4, 0.5) is 16.5 Å². The molecule has 4 rings (SSSR count). The van der Waals surface area contributed by atoms with E-state index in [0.29, 0.717) is 21.5 Å². The summed E-state index contributed by atoms with van der Waals surface area (Å²) >= 11 is 2.25. The molecule has 0 spiro atoms. The van der Waals surface area contributed by atoms with Crippen molar-refractivity contribution in [3.63, 3.8) is 0 Å². The molecule has 0 fully saturated rings. The first-order valence-electron chi connectivity index (χ1n) is 8.69. The Hall–Kier alpha value is -3.71. The van der Waals surface area contributed by atoms with Crippen molar-refractivity contribution >= 4 is 51.4 Å². The first kappa shape index (κ1) is 20.6. The van der Waals surface area contributed by atoms with Crippen LogP contribution in [0.1, 0.15) is 10.4 Å². The predicted molar refractivity (Wildman–Crippen MR) is 113 cm³/mol. The third-order valence-corrected chi connectivity index (χ3v) is 5.90. The van der Waals surface area contributed by atoms with Gasteiger partial charge in [-0.1, -0.05) is 29.2 Å². The Balaban J connectivity index is 1.30. The Labute approximate surface area is 182 Å². The average Bonchev–Trinajstić information content (AvgIpc) is 3.41. The van der Waals surface area contributed by atoms with Crippen molar-refractivity contribution in [1.82, 2.24) is 10.2 Å². The van der Waals surface area contributed by atoms with Gasteiger partial charge in [0, 0.05) is 29.4 Å². The molecule has 158 valence electrons. The van der Waals surface area contributed by atoms with Crippen molar-refractivity contribution in [2.24, 2.45) is 0 Å². The minimum atomic E-state index is -0.578. The summed E-state index contributed by atoms with van der Waals surface area (Å²) in [7, 11) is 0. The van der Waals surface area contributed by atoms with Crippen molar-refractivity contribution in [2.75, 3.05) is 23.2 Å². The number of amides is 2. The zero-order valence-electron chi connectivity index (χ0n) is 15.6. The highest BCUT2D eigenvalue weighted by Crippen LogP contribution is 2.34. The smallest absolute Gasteiger partial charge is 0.270 e. The molecule has 1 aromatic heterocycles. The number of hydrogen-bond acceptors (Lipinski definition) is 10. The second kappa shape index (κ2) is 8.97. The van der Waals surface area contributed by atoms with Gasteiger partial charge < -0.3 is 14.8 Å². The van der Waals surface area contributed by atoms with Gasteiger partial charge in [-0.25, -0.2) is 0 Å². The summed E-state index contributed by atoms with van der Waals surface area (Å²) < 4.78 is 11.0. The molecule has 0 aliphatic carbocycles. The number of thioether (sulfide) groups is 1. The van der Waals surface area contributed by atoms with E-state index in [1.54, 1.807) is 18.2 Å². The molecule has 11 nitrogen and oxygen atoms in total. The SMILES string of the molecule is O=C(CSc1nnc(NC(=O)c2cccc([N+](=O)[O-])c2)s1)Nc1ccc2c(c1)OCO2. The maximum absolute atomic E-state index is 12.3. The number of ether oxygens (including phenoxy) is 2. The number of nitrogens with one attached hydrogen (secondary N) is 2. The molecule has 13 heteroatoms. The van der Waals surface area contributed by atoms with Crippen molar-refractivity contribution < 1.29 is 24.0 Å². The highest BCUT2D eigenvalue weighted by atomic mass is 32.2. The lowest BCUT2D eigenvalue weighted by Crippen LogP contribution is -2.13. The maximum atomic E-state index is 12.3. The van der Waals surface area contributed by atoms with E-state index in [1.807, 2.05) is 0 Å². The van der Waals surface area contributed by atoms with E-state index in [0.717, 1.165) is 23.1 Å². The van der Waals surface area contributed by atoms with Crippen molar-refractivity contribution in [3.05, 3.63) is 58.1 Å². The number of nitro benzene ring substituents is 1. The molecule has 0 radical (unpaired) electrons. The molecule has 1 aliphatic heterocycles. The first-order chi connectivity index (χ1) is 15.0. The van der Waals surface area contributed by atoms with Crippen LogP contribution in [0.25, 0.3) is 0 Å². The van der Waals surface area contributed by atoms with Gasteiger partial charge in [0.25, 0.3) is 11.6 Å². The largest absolute Gasteiger partial charge is 0.454 e. The molecule has 2 N–H and O–H groups in total. The molecule has 31 heavy (non-hydrogen) atoms. The summed E-state index contributed by atoms with van der Waals surface area (Å²) in [5.41, 5.74) is 0.522. The predicted octanol–water partition coefficient (Wildman–Crippen LogP) is 3.16. The van der Waals surface area contributed by atoms with Crippen LogP contribution in [-0.2, 0) is 4.79 Å². The number of anilines is 2. The molecule has 3 aromatic rings. The van der Waals surface area contributed by atoms with Gasteiger partial charge in [0.05, 0.1) is 10.7 Å². The lowest BCUT2D eigenvalue weighted by Gasteiger charge is -2.05. The molecule has 0 saturated heterocycles. The number of carbonyl (C=O) groups excluding carboxylic acids is 2. The molecular formula is C18H13N5O6S2. The van der Waals surface area contributed by atoms with Gasteiger partial charge in [0.1, 0.15) is 0 Å². The summed E-state index contributed by atoms with van der Waals surface area (Å²) in [6, 6.07) is 10.5. The summed E-state index contributed by atoms with van der Waals surface area (Å²) in [4.78, 5) is 34.7. The average molecular weight is 459 g/mol. The number of nitro groups is 1. The standard InChI is InChI=1S/C18H13N5O6S2/c24-15(19-11-4-5-13-14(7-11)29-9-28-13)8-30-18-22-21-17(31-18)20-16(25)10-2-1-3-12(6-10)23(26)27/h1-7H,8-9H2,(H,19,24)(H,20,21,25). The zero-order valence-corrected chi connectivity index (χ0v) is 17.2. The van der Waals surface area contributed by atoms with Crippen LogP contribution in [0.5, 0.6) is 11.5 Å². The molecule has 2 aromatic carbocycles.